The first-order valence-corrected chi connectivity index (χ1v) is 31.9. The third kappa shape index (κ3) is 17.4. The fraction of sp³-hybridized carbons (Fsp3) is 1.00. The fourth-order valence-corrected chi connectivity index (χ4v) is 14.4. The van der Waals surface area contributed by atoms with Crippen LogP contribution in [0.4, 0.5) is 0 Å². The Morgan fingerprint density at radius 2 is 0.344 bits per heavy atom. The second-order valence-electron chi connectivity index (χ2n) is 24.1. The number of hydrogen-bond acceptors (Lipinski definition) is 35. The van der Waals surface area contributed by atoms with E-state index in [2.05, 4.69) is 0 Å². The van der Waals surface area contributed by atoms with Crippen molar-refractivity contribution in [3.05, 3.63) is 0 Å². The second-order valence-corrected chi connectivity index (χ2v) is 24.1. The van der Waals surface area contributed by atoms with Gasteiger partial charge in [0.05, 0.1) is 46.2 Å². The Labute approximate surface area is 561 Å². The van der Waals surface area contributed by atoms with E-state index >= 15 is 0 Å². The molecule has 35 atom stereocenters. The minimum absolute atomic E-state index is 0.0501. The topological polar surface area (TPSA) is 345 Å². The lowest BCUT2D eigenvalue weighted by Gasteiger charge is -2.52. The molecule has 21 rings (SSSR count). The average Bonchev–Trinajstić information content (AvgIpc) is 0.781. The van der Waals surface area contributed by atoms with E-state index in [0.717, 1.165) is 0 Å². The van der Waals surface area contributed by atoms with Gasteiger partial charge in [-0.3, -0.25) is 0 Å². The average molecular weight is 1400 g/mol. The first-order chi connectivity index (χ1) is 46.6. The molecule has 0 amide bonds. The van der Waals surface area contributed by atoms with Crippen LogP contribution in [-0.4, -0.2) is 406 Å². The van der Waals surface area contributed by atoms with Crippen LogP contribution >= 0.6 is 0 Å². The first kappa shape index (κ1) is 80.3. The van der Waals surface area contributed by atoms with Crippen LogP contribution in [0.2, 0.25) is 0 Å². The highest BCUT2D eigenvalue weighted by Gasteiger charge is 2.62. The lowest BCUT2D eigenvalue weighted by molar-refractivity contribution is -0.402. The molecule has 21 fully saturated rings. The predicted molar refractivity (Wildman–Crippen MR) is 319 cm³/mol. The summed E-state index contributed by atoms with van der Waals surface area (Å²) >= 11 is 0. The lowest BCUT2D eigenvalue weighted by atomic mass is 9.94. The van der Waals surface area contributed by atoms with Crippen molar-refractivity contribution in [2.24, 2.45) is 0 Å². The number of hydrogen-bond donors (Lipinski definition) is 2. The summed E-state index contributed by atoms with van der Waals surface area (Å²) in [7, 11) is 27.9. The van der Waals surface area contributed by atoms with Crippen LogP contribution in [0, 0.1) is 0 Å². The highest BCUT2D eigenvalue weighted by molar-refractivity contribution is 5.04. The van der Waals surface area contributed by atoms with Crippen LogP contribution < -0.4 is 0 Å². The Balaban J connectivity index is 1.22. The molecule has 0 aliphatic carbocycles. The molecule has 0 aromatic heterocycles. The fourth-order valence-electron chi connectivity index (χ4n) is 14.4. The lowest BCUT2D eigenvalue weighted by Crippen LogP contribution is -2.69. The van der Waals surface area contributed by atoms with E-state index in [1.54, 1.807) is 0 Å². The van der Waals surface area contributed by atoms with E-state index in [-0.39, 0.29) is 46.2 Å². The summed E-state index contributed by atoms with van der Waals surface area (Å²) < 4.78 is 210. The molecule has 21 aliphatic heterocycles. The Bertz CT molecular complexity index is 2170. The third-order valence-corrected chi connectivity index (χ3v) is 18.8. The predicted octanol–water partition coefficient (Wildman–Crippen LogP) is -2.80. The standard InChI is InChI=1S/C61H108O35/c1-64-20-27-36-34(62)44(72-9)56(84-27)92-38-29(22-66-3)86-58(51(79-16)45(38)73-10)94-40-31(24-68-5)88-60(53(81-18)47(40)75-12)96-42-33(26-70-7)89-61(54(82-19)49(42)77-14)95-41-32(25-69-6)87-59(52(80-17)48(41)76-13)93-39-30(23-67-4)85-57(50(78-15)46(39)74-11)91-37-28(21-65-2)83-55(90-36)35(63)43(37)71-8/h27-63H,20-26H2,1-19H3/t27-,28+,29-,30+,31-,32+,33-,34-,35+,36+,37+,38+,39+,40+,41+,42+,43+,44+,45-,46-,47-,48+,49-,50-,51+,52-,53+,54+,55+,56+,57+,58+,59+,60+,61+/m0/s1. The molecular formula is C61H108O35. The Hall–Kier alpha value is -1.40. The summed E-state index contributed by atoms with van der Waals surface area (Å²) in [5.41, 5.74) is 0. The minimum Gasteiger partial charge on any atom is -0.387 e. The van der Waals surface area contributed by atoms with Crippen molar-refractivity contribution in [1.29, 1.82) is 0 Å². The van der Waals surface area contributed by atoms with Gasteiger partial charge in [-0.2, -0.15) is 0 Å². The molecule has 14 bridgehead atoms. The summed E-state index contributed by atoms with van der Waals surface area (Å²) in [6, 6.07) is 0. The smallest absolute Gasteiger partial charge is 0.187 e. The van der Waals surface area contributed by atoms with Gasteiger partial charge in [0.15, 0.2) is 44.0 Å². The van der Waals surface area contributed by atoms with E-state index in [0.29, 0.717) is 0 Å². The van der Waals surface area contributed by atoms with Crippen LogP contribution in [0.15, 0.2) is 0 Å². The van der Waals surface area contributed by atoms with Gasteiger partial charge in [0.2, 0.25) is 0 Å². The van der Waals surface area contributed by atoms with Gasteiger partial charge in [-0.1, -0.05) is 0 Å². The molecule has 96 heavy (non-hydrogen) atoms. The largest absolute Gasteiger partial charge is 0.387 e. The van der Waals surface area contributed by atoms with Gasteiger partial charge in [0, 0.05) is 135 Å². The van der Waals surface area contributed by atoms with Crippen LogP contribution in [0.3, 0.4) is 0 Å². The van der Waals surface area contributed by atoms with Gasteiger partial charge in [0.25, 0.3) is 0 Å². The molecule has 21 heterocycles. The van der Waals surface area contributed by atoms with Crippen molar-refractivity contribution in [2.75, 3.05) is 181 Å². The summed E-state index contributed by atoms with van der Waals surface area (Å²) in [6.07, 6.45) is -39.7. The molecule has 0 radical (unpaired) electrons. The van der Waals surface area contributed by atoms with Crippen molar-refractivity contribution < 1.29 is 167 Å². The zero-order chi connectivity index (χ0) is 69.5. The molecule has 35 nitrogen and oxygen atoms in total. The molecule has 21 saturated heterocycles. The molecule has 35 heteroatoms. The van der Waals surface area contributed by atoms with E-state index in [9.17, 15) is 10.2 Å². The molecule has 0 aromatic rings. The maximum atomic E-state index is 12.5. The van der Waals surface area contributed by atoms with Crippen LogP contribution in [0.25, 0.3) is 0 Å². The van der Waals surface area contributed by atoms with Gasteiger partial charge in [-0.05, 0) is 0 Å². The minimum atomic E-state index is -1.62. The summed E-state index contributed by atoms with van der Waals surface area (Å²) in [5.74, 6) is 0. The Morgan fingerprint density at radius 1 is 0.177 bits per heavy atom. The van der Waals surface area contributed by atoms with Crippen LogP contribution in [0.5, 0.6) is 0 Å². The van der Waals surface area contributed by atoms with Crippen LogP contribution in [-0.2, 0) is 156 Å². The van der Waals surface area contributed by atoms with Crippen molar-refractivity contribution in [3.63, 3.8) is 0 Å². The SMILES string of the molecule is COC[C@@H]1O[C@@H]2O[C@H]3[C@H](OC)[C@@H](OC)[C@@H](O[C@H]4[C@H](OC)[C@@H](OC)[C@@H](O[C@H]5[C@H](OC)[C@@H](OC)[C@@H](O[C@H]6[C@@H](OC)[C@H](OC)[C@@H](O[C@H]7[C@H](OC)[C@H](OC)[C@@H](O[C@H]8[C@H](OC)[C@@H](O)[C@@H](O[C@H]1[C@H](O)[C@H]2OC)O[C@@H]8COC)O[C@@H]7COC)O[C@@H]6COC)O[C@H]5COC)O[C@H]4COC)O[C@H]3COC. The number of aliphatic hydroxyl groups excluding tert-OH is 2. The summed E-state index contributed by atoms with van der Waals surface area (Å²) in [5, 5.41) is 24.9. The molecule has 21 aliphatic rings. The van der Waals surface area contributed by atoms with Crippen LogP contribution in [0.1, 0.15) is 0 Å². The van der Waals surface area contributed by atoms with Crippen molar-refractivity contribution in [1.82, 2.24) is 0 Å². The Morgan fingerprint density at radius 3 is 0.542 bits per heavy atom. The van der Waals surface area contributed by atoms with E-state index in [4.69, 9.17) is 156 Å². The first-order valence-electron chi connectivity index (χ1n) is 31.9. The summed E-state index contributed by atoms with van der Waals surface area (Å²) in [4.78, 5) is 0. The van der Waals surface area contributed by atoms with Gasteiger partial charge in [-0.25, -0.2) is 0 Å². The highest BCUT2D eigenvalue weighted by Crippen LogP contribution is 2.43. The quantitative estimate of drug-likeness (QED) is 0.0883. The molecule has 562 valence electrons. The monoisotopic (exact) mass is 1400 g/mol. The highest BCUT2D eigenvalue weighted by atomic mass is 16.8. The van der Waals surface area contributed by atoms with Crippen molar-refractivity contribution >= 4 is 0 Å². The van der Waals surface area contributed by atoms with E-state index in [1.807, 2.05) is 0 Å². The zero-order valence-electron chi connectivity index (χ0n) is 58.5. The number of aliphatic hydroxyl groups is 2. The van der Waals surface area contributed by atoms with Gasteiger partial charge in [-0.15, -0.1) is 0 Å². The zero-order valence-corrected chi connectivity index (χ0v) is 58.5. The maximum absolute atomic E-state index is 12.5. The molecular weight excluding hydrogens is 1290 g/mol. The van der Waals surface area contributed by atoms with E-state index < -0.39 is 215 Å². The molecule has 0 aromatic carbocycles. The molecule has 2 N–H and O–H groups in total. The van der Waals surface area contributed by atoms with Crippen molar-refractivity contribution in [3.8, 4) is 0 Å². The molecule has 0 unspecified atom stereocenters. The normalized spacial score (nSPS) is 46.8. The Kier molecular flexibility index (Phi) is 32.6. The number of ether oxygens (including phenoxy) is 33. The van der Waals surface area contributed by atoms with Crippen molar-refractivity contribution in [2.45, 2.75) is 215 Å². The van der Waals surface area contributed by atoms with Gasteiger partial charge in [0.1, 0.15) is 171 Å². The number of methoxy groups -OCH3 is 19. The molecule has 0 saturated carbocycles. The second kappa shape index (κ2) is 38.9. The summed E-state index contributed by atoms with van der Waals surface area (Å²) in [6.45, 7) is -0.622. The molecule has 0 spiro atoms. The van der Waals surface area contributed by atoms with Gasteiger partial charge < -0.3 is 167 Å². The maximum Gasteiger partial charge on any atom is 0.187 e. The van der Waals surface area contributed by atoms with Gasteiger partial charge >= 0.3 is 0 Å². The number of rotatable bonds is 26. The third-order valence-electron chi connectivity index (χ3n) is 18.8. The van der Waals surface area contributed by atoms with E-state index in [1.165, 1.54) is 135 Å².